The molecule has 0 spiro atoms. The van der Waals surface area contributed by atoms with Crippen molar-refractivity contribution in [2.75, 3.05) is 0 Å². The zero-order valence-corrected chi connectivity index (χ0v) is 23.4. The van der Waals surface area contributed by atoms with Crippen molar-refractivity contribution in [2.45, 2.75) is 24.7 Å². The van der Waals surface area contributed by atoms with Crippen LogP contribution in [-0.2, 0) is 25.6 Å². The van der Waals surface area contributed by atoms with Crippen LogP contribution in [0.2, 0.25) is 0 Å². The van der Waals surface area contributed by atoms with E-state index < -0.39 is 29.6 Å². The fourth-order valence-corrected chi connectivity index (χ4v) is 3.63. The molecule has 0 radical (unpaired) electrons. The second-order valence-corrected chi connectivity index (χ2v) is 7.52. The van der Waals surface area contributed by atoms with Gasteiger partial charge in [-0.1, -0.05) is 18.2 Å². The predicted molar refractivity (Wildman–Crippen MR) is 88.0 cm³/mol. The Balaban J connectivity index is 0.00000364. The van der Waals surface area contributed by atoms with Gasteiger partial charge in [-0.05, 0) is 53.7 Å². The Kier molecular flexibility index (Phi) is 15.1. The molecule has 2 atom stereocenters. The molecule has 2 aromatic carbocycles. The van der Waals surface area contributed by atoms with Gasteiger partial charge in [0.25, 0.3) is 0 Å². The van der Waals surface area contributed by atoms with Crippen molar-refractivity contribution < 1.29 is 139 Å². The number of hydrogen-bond donors (Lipinski definition) is 0. The Labute approximate surface area is 248 Å². The van der Waals surface area contributed by atoms with Gasteiger partial charge in [-0.25, -0.2) is 12.8 Å². The van der Waals surface area contributed by atoms with Crippen LogP contribution < -0.4 is 112 Å². The van der Waals surface area contributed by atoms with Crippen LogP contribution in [-0.4, -0.2) is 18.4 Å². The molecule has 2 rings (SSSR count). The van der Waals surface area contributed by atoms with E-state index in [4.69, 9.17) is 4.74 Å². The summed E-state index contributed by atoms with van der Waals surface area (Å²) in [6, 6.07) is 12.5. The minimum Gasteiger partial charge on any atom is -0.746 e. The van der Waals surface area contributed by atoms with Crippen molar-refractivity contribution in [3.63, 3.8) is 0 Å². The molecule has 0 aliphatic rings. The maximum Gasteiger partial charge on any atom is 1.00 e. The van der Waals surface area contributed by atoms with E-state index in [9.17, 15) is 26.8 Å². The Morgan fingerprint density at radius 1 is 1.07 bits per heavy atom. The van der Waals surface area contributed by atoms with E-state index in [1.165, 1.54) is 18.2 Å². The number of rotatable bonds is 9. The van der Waals surface area contributed by atoms with Crippen molar-refractivity contribution in [3.05, 3.63) is 59.9 Å². The third-order valence-corrected chi connectivity index (χ3v) is 4.91. The van der Waals surface area contributed by atoms with Gasteiger partial charge in [-0.3, -0.25) is 0 Å². The van der Waals surface area contributed by atoms with Crippen LogP contribution >= 0.6 is 8.25 Å². The molecule has 2 unspecified atom stereocenters. The Morgan fingerprint density at radius 2 is 1.68 bits per heavy atom. The predicted octanol–water partition coefficient (Wildman–Crippen LogP) is -3.15. The minimum atomic E-state index is -4.88. The third-order valence-electron chi connectivity index (χ3n) is 3.36. The van der Waals surface area contributed by atoms with Crippen molar-refractivity contribution >= 4 is 18.4 Å². The molecule has 140 valence electrons. The molecule has 0 aromatic heterocycles. The second kappa shape index (κ2) is 14.4. The van der Waals surface area contributed by atoms with Gasteiger partial charge in [-0.15, -0.1) is 4.52 Å². The molecule has 7 nitrogen and oxygen atoms in total. The molecule has 0 bridgehead atoms. The van der Waals surface area contributed by atoms with Crippen LogP contribution in [0.1, 0.15) is 18.4 Å². The maximum absolute atomic E-state index is 13.2. The van der Waals surface area contributed by atoms with Crippen molar-refractivity contribution in [1.29, 1.82) is 0 Å². The smallest absolute Gasteiger partial charge is 0.746 e. The van der Waals surface area contributed by atoms with Crippen LogP contribution in [0.25, 0.3) is 0 Å². The van der Waals surface area contributed by atoms with Crippen molar-refractivity contribution in [3.8, 4) is 11.5 Å². The van der Waals surface area contributed by atoms with E-state index in [0.717, 1.165) is 5.56 Å². The van der Waals surface area contributed by atoms with E-state index in [1.807, 2.05) is 0 Å². The van der Waals surface area contributed by atoms with Crippen molar-refractivity contribution in [2.24, 2.45) is 0 Å². The first-order valence-electron chi connectivity index (χ1n) is 7.52. The van der Waals surface area contributed by atoms with Gasteiger partial charge in [0.05, 0.1) is 0 Å². The number of benzene rings is 2. The van der Waals surface area contributed by atoms with E-state index >= 15 is 0 Å². The standard InChI is InChI=1S/C16H16FO7PS.2K/c17-13-6-3-8-15(11-13)23-14-7-1-4-12(10-14)5-2-9-16(24-25(18)19)26(20,21)22;;/h1,3-4,6-8,10-11,16H,2,5,9H2,(H,20,21,22);;/q;2*+1/p-1. The van der Waals surface area contributed by atoms with Gasteiger partial charge < -0.3 is 14.2 Å². The molecule has 12 heteroatoms. The quantitative estimate of drug-likeness (QED) is 0.212. The van der Waals surface area contributed by atoms with E-state index in [0.29, 0.717) is 17.9 Å². The molecule has 0 aliphatic carbocycles. The summed E-state index contributed by atoms with van der Waals surface area (Å²) in [5.74, 6) is 0.354. The minimum absolute atomic E-state index is 0. The van der Waals surface area contributed by atoms with Gasteiger partial charge in [0.15, 0.2) is 0 Å². The molecule has 0 amide bonds. The first kappa shape index (κ1) is 29.4. The zero-order valence-electron chi connectivity index (χ0n) is 15.4. The fraction of sp³-hybridized carbons (Fsp3) is 0.250. The van der Waals surface area contributed by atoms with Gasteiger partial charge >= 0.3 is 111 Å². The molecular formula is C16H15FK2O7PS+. The Hall–Kier alpha value is 1.37. The monoisotopic (exact) mass is 479 g/mol. The van der Waals surface area contributed by atoms with E-state index in [1.54, 1.807) is 30.3 Å². The Morgan fingerprint density at radius 3 is 2.25 bits per heavy atom. The first-order chi connectivity index (χ1) is 12.2. The maximum atomic E-state index is 13.2. The second-order valence-electron chi connectivity index (χ2n) is 5.35. The number of aryl methyl sites for hydroxylation is 1. The van der Waals surface area contributed by atoms with Crippen LogP contribution in [0.3, 0.4) is 0 Å². The first-order valence-corrected chi connectivity index (χ1v) is 10.1. The fourth-order valence-electron chi connectivity index (χ4n) is 2.25. The van der Waals surface area contributed by atoms with E-state index in [2.05, 4.69) is 4.52 Å². The van der Waals surface area contributed by atoms with E-state index in [-0.39, 0.29) is 116 Å². The van der Waals surface area contributed by atoms with Crippen LogP contribution in [0.5, 0.6) is 11.5 Å². The van der Waals surface area contributed by atoms with Crippen LogP contribution in [0.4, 0.5) is 4.39 Å². The topological polar surface area (TPSA) is 116 Å². The third kappa shape index (κ3) is 11.1. The van der Waals surface area contributed by atoms with Crippen molar-refractivity contribution in [1.82, 2.24) is 0 Å². The molecule has 0 saturated heterocycles. The molecule has 0 heterocycles. The molecule has 2 aromatic rings. The molecule has 0 aliphatic heterocycles. The van der Waals surface area contributed by atoms with Crippen LogP contribution in [0.15, 0.2) is 48.5 Å². The van der Waals surface area contributed by atoms with Gasteiger partial charge in [-0.2, -0.15) is 0 Å². The Bertz CT molecular complexity index is 883. The molecule has 0 N–H and O–H groups in total. The largest absolute Gasteiger partial charge is 1.00 e. The summed E-state index contributed by atoms with van der Waals surface area (Å²) in [5, 5.41) is 0. The average molecular weight is 480 g/mol. The normalized spacial score (nSPS) is 12.3. The van der Waals surface area contributed by atoms with Gasteiger partial charge in [0.2, 0.25) is 5.44 Å². The summed E-state index contributed by atoms with van der Waals surface area (Å²) in [4.78, 5) is 10.5. The molecular weight excluding hydrogens is 464 g/mol. The summed E-state index contributed by atoms with van der Waals surface area (Å²) >= 11 is 0. The molecule has 0 saturated carbocycles. The summed E-state index contributed by atoms with van der Waals surface area (Å²) in [6.07, 6.45) is 0.314. The summed E-state index contributed by atoms with van der Waals surface area (Å²) in [7, 11) is -8.32. The number of halogens is 1. The zero-order chi connectivity index (χ0) is 19.2. The number of ether oxygens (including phenoxy) is 1. The van der Waals surface area contributed by atoms with Gasteiger partial charge in [0.1, 0.15) is 27.4 Å². The summed E-state index contributed by atoms with van der Waals surface area (Å²) in [6.45, 7) is 0. The molecule has 28 heavy (non-hydrogen) atoms. The molecule has 0 fully saturated rings. The van der Waals surface area contributed by atoms with Crippen LogP contribution in [0, 0.1) is 5.82 Å². The average Bonchev–Trinajstić information content (AvgIpc) is 2.53. The SMILES string of the molecule is O=[P+]([O-])OC(CCCc1cccc(Oc2cccc(F)c2)c1)S(=O)(=O)[O-].[K+].[K+]. The summed E-state index contributed by atoms with van der Waals surface area (Å²) < 4.78 is 66.4. The number of hydrogen-bond acceptors (Lipinski definition) is 7. The van der Waals surface area contributed by atoms with Gasteiger partial charge in [0, 0.05) is 6.07 Å². The summed E-state index contributed by atoms with van der Waals surface area (Å²) in [5.41, 5.74) is -1.16.